The quantitative estimate of drug-likeness (QED) is 0.411. The summed E-state index contributed by atoms with van der Waals surface area (Å²) in [5.41, 5.74) is 6.22. The van der Waals surface area contributed by atoms with Gasteiger partial charge in [-0.1, -0.05) is 6.07 Å². The van der Waals surface area contributed by atoms with Crippen LogP contribution in [-0.2, 0) is 0 Å². The van der Waals surface area contributed by atoms with E-state index in [1.54, 1.807) is 6.20 Å². The van der Waals surface area contributed by atoms with Gasteiger partial charge < -0.3 is 5.73 Å². The third kappa shape index (κ3) is 2.37. The van der Waals surface area contributed by atoms with Crippen LogP contribution in [-0.4, -0.2) is 15.1 Å². The fourth-order valence-electron chi connectivity index (χ4n) is 0.956. The van der Waals surface area contributed by atoms with Crippen LogP contribution in [0, 0.1) is 0 Å². The normalized spacial score (nSPS) is 12.2. The summed E-state index contributed by atoms with van der Waals surface area (Å²) >= 11 is 4.75. The Morgan fingerprint density at radius 1 is 1.62 bits per heavy atom. The fourth-order valence-corrected chi connectivity index (χ4v) is 1.11. The number of pyridine rings is 1. The summed E-state index contributed by atoms with van der Waals surface area (Å²) in [6, 6.07) is 5.52. The summed E-state index contributed by atoms with van der Waals surface area (Å²) < 4.78 is 0. The molecular weight excluding hydrogens is 184 g/mol. The lowest BCUT2D eigenvalue weighted by molar-refractivity contribution is 0.346. The van der Waals surface area contributed by atoms with Gasteiger partial charge in [-0.25, -0.2) is 5.84 Å². The molecule has 0 aliphatic heterocycles. The molecule has 1 heterocycles. The molecule has 0 amide bonds. The minimum atomic E-state index is -0.0984. The number of hydrazine groups is 1. The number of hydrogen-bond donors (Lipinski definition) is 2. The van der Waals surface area contributed by atoms with Gasteiger partial charge >= 0.3 is 0 Å². The van der Waals surface area contributed by atoms with E-state index < -0.39 is 0 Å². The molecule has 0 bridgehead atoms. The maximum absolute atomic E-state index is 5.62. The molecule has 5 heteroatoms. The summed E-state index contributed by atoms with van der Waals surface area (Å²) in [6.45, 7) is 1.89. The van der Waals surface area contributed by atoms with E-state index in [0.717, 1.165) is 5.69 Å². The van der Waals surface area contributed by atoms with Crippen molar-refractivity contribution in [2.24, 2.45) is 11.6 Å². The SMILES string of the molecule is CC(c1ccccn1)N(N)C(N)=S. The van der Waals surface area contributed by atoms with Crippen molar-refractivity contribution < 1.29 is 0 Å². The van der Waals surface area contributed by atoms with E-state index in [2.05, 4.69) is 4.98 Å². The summed E-state index contributed by atoms with van der Waals surface area (Å²) in [5, 5.41) is 1.48. The van der Waals surface area contributed by atoms with Gasteiger partial charge in [0.15, 0.2) is 5.11 Å². The van der Waals surface area contributed by atoms with Gasteiger partial charge in [0, 0.05) is 6.20 Å². The fraction of sp³-hybridized carbons (Fsp3) is 0.250. The highest BCUT2D eigenvalue weighted by molar-refractivity contribution is 7.80. The molecule has 1 unspecified atom stereocenters. The minimum absolute atomic E-state index is 0.0984. The average Bonchev–Trinajstić information content (AvgIpc) is 2.17. The first kappa shape index (κ1) is 9.88. The zero-order valence-electron chi connectivity index (χ0n) is 7.34. The molecule has 1 aromatic heterocycles. The number of hydrogen-bond acceptors (Lipinski definition) is 3. The lowest BCUT2D eigenvalue weighted by Gasteiger charge is -2.23. The number of aromatic nitrogens is 1. The van der Waals surface area contributed by atoms with Gasteiger partial charge in [0.05, 0.1) is 11.7 Å². The zero-order chi connectivity index (χ0) is 9.84. The highest BCUT2D eigenvalue weighted by Gasteiger charge is 2.13. The van der Waals surface area contributed by atoms with Crippen LogP contribution in [0.3, 0.4) is 0 Å². The second-order valence-corrected chi connectivity index (χ2v) is 3.09. The molecule has 1 rings (SSSR count). The Bertz CT molecular complexity index is 287. The van der Waals surface area contributed by atoms with E-state index in [1.807, 2.05) is 25.1 Å². The molecule has 0 spiro atoms. The molecule has 0 fully saturated rings. The van der Waals surface area contributed by atoms with Crippen LogP contribution in [0.2, 0.25) is 0 Å². The van der Waals surface area contributed by atoms with Crippen LogP contribution >= 0.6 is 12.2 Å². The monoisotopic (exact) mass is 196 g/mol. The molecule has 1 aromatic rings. The standard InChI is InChI=1S/C8H12N4S/c1-6(12(10)8(9)13)7-4-2-3-5-11-7/h2-6H,10H2,1H3,(H2,9,13). The lowest BCUT2D eigenvalue weighted by Crippen LogP contribution is -2.43. The Morgan fingerprint density at radius 3 is 2.77 bits per heavy atom. The second kappa shape index (κ2) is 4.15. The maximum atomic E-state index is 5.62. The molecule has 70 valence electrons. The molecule has 0 aliphatic carbocycles. The summed E-state index contributed by atoms with van der Waals surface area (Å²) in [4.78, 5) is 4.15. The zero-order valence-corrected chi connectivity index (χ0v) is 8.16. The second-order valence-electron chi connectivity index (χ2n) is 2.68. The topological polar surface area (TPSA) is 68.2 Å². The Kier molecular flexibility index (Phi) is 3.16. The van der Waals surface area contributed by atoms with E-state index in [4.69, 9.17) is 23.8 Å². The van der Waals surface area contributed by atoms with Gasteiger partial charge in [0.25, 0.3) is 0 Å². The molecular formula is C8H12N4S. The van der Waals surface area contributed by atoms with Gasteiger partial charge in [0.1, 0.15) is 0 Å². The third-order valence-electron chi connectivity index (χ3n) is 1.79. The Hall–Kier alpha value is -1.20. The molecule has 0 aliphatic rings. The van der Waals surface area contributed by atoms with Crippen molar-refractivity contribution in [2.75, 3.05) is 0 Å². The van der Waals surface area contributed by atoms with Crippen LogP contribution in [0.15, 0.2) is 24.4 Å². The largest absolute Gasteiger partial charge is 0.375 e. The number of rotatable bonds is 2. The van der Waals surface area contributed by atoms with Crippen molar-refractivity contribution in [3.8, 4) is 0 Å². The highest BCUT2D eigenvalue weighted by atomic mass is 32.1. The Labute approximate surface area is 82.5 Å². The van der Waals surface area contributed by atoms with E-state index in [0.29, 0.717) is 0 Å². The minimum Gasteiger partial charge on any atom is -0.375 e. The predicted molar refractivity (Wildman–Crippen MR) is 55.5 cm³/mol. The number of nitrogens with two attached hydrogens (primary N) is 2. The van der Waals surface area contributed by atoms with E-state index in [1.165, 1.54) is 5.01 Å². The van der Waals surface area contributed by atoms with Crippen molar-refractivity contribution in [1.82, 2.24) is 9.99 Å². The van der Waals surface area contributed by atoms with Crippen molar-refractivity contribution in [2.45, 2.75) is 13.0 Å². The molecule has 4 nitrogen and oxygen atoms in total. The first-order valence-corrected chi connectivity index (χ1v) is 4.28. The average molecular weight is 196 g/mol. The molecule has 0 saturated carbocycles. The Morgan fingerprint density at radius 2 is 2.31 bits per heavy atom. The van der Waals surface area contributed by atoms with Crippen molar-refractivity contribution in [3.05, 3.63) is 30.1 Å². The molecule has 1 atom stereocenters. The number of nitrogens with zero attached hydrogens (tertiary/aromatic N) is 2. The van der Waals surface area contributed by atoms with Crippen molar-refractivity contribution >= 4 is 17.3 Å². The van der Waals surface area contributed by atoms with Crippen molar-refractivity contribution in [3.63, 3.8) is 0 Å². The van der Waals surface area contributed by atoms with Gasteiger partial charge in [-0.15, -0.1) is 0 Å². The van der Waals surface area contributed by atoms with Crippen LogP contribution in [0.1, 0.15) is 18.7 Å². The molecule has 13 heavy (non-hydrogen) atoms. The summed E-state index contributed by atoms with van der Waals surface area (Å²) in [7, 11) is 0. The molecule has 0 aromatic carbocycles. The van der Waals surface area contributed by atoms with Crippen LogP contribution in [0.25, 0.3) is 0 Å². The van der Waals surface area contributed by atoms with Crippen LogP contribution < -0.4 is 11.6 Å². The molecule has 0 radical (unpaired) electrons. The molecule has 4 N–H and O–H groups in total. The predicted octanol–water partition coefficient (Wildman–Crippen LogP) is 0.562. The third-order valence-corrected chi connectivity index (χ3v) is 2.00. The van der Waals surface area contributed by atoms with Gasteiger partial charge in [-0.2, -0.15) is 0 Å². The van der Waals surface area contributed by atoms with Crippen LogP contribution in [0.5, 0.6) is 0 Å². The summed E-state index contributed by atoms with van der Waals surface area (Å²) in [6.07, 6.45) is 1.71. The van der Waals surface area contributed by atoms with Crippen molar-refractivity contribution in [1.29, 1.82) is 0 Å². The van der Waals surface area contributed by atoms with Gasteiger partial charge in [0.2, 0.25) is 0 Å². The highest BCUT2D eigenvalue weighted by Crippen LogP contribution is 2.13. The van der Waals surface area contributed by atoms with Crippen LogP contribution in [0.4, 0.5) is 0 Å². The number of thiocarbonyl (C=S) groups is 1. The lowest BCUT2D eigenvalue weighted by atomic mass is 10.2. The molecule has 0 saturated heterocycles. The van der Waals surface area contributed by atoms with E-state index in [9.17, 15) is 0 Å². The Balaban J connectivity index is 2.79. The maximum Gasteiger partial charge on any atom is 0.181 e. The van der Waals surface area contributed by atoms with Gasteiger partial charge in [-0.3, -0.25) is 9.99 Å². The first-order valence-electron chi connectivity index (χ1n) is 3.87. The van der Waals surface area contributed by atoms with Gasteiger partial charge in [-0.05, 0) is 31.3 Å². The smallest absolute Gasteiger partial charge is 0.181 e. The van der Waals surface area contributed by atoms with E-state index >= 15 is 0 Å². The summed E-state index contributed by atoms with van der Waals surface area (Å²) in [5.74, 6) is 5.62. The van der Waals surface area contributed by atoms with E-state index in [-0.39, 0.29) is 11.2 Å². The first-order chi connectivity index (χ1) is 6.13.